The Balaban J connectivity index is 1.47. The molecular weight excluding hydrogens is 452 g/mol. The topological polar surface area (TPSA) is 69.6 Å². The number of allylic oxidation sites excluding steroid dienone is 3. The minimum absolute atomic E-state index is 0.0486. The molecule has 0 saturated carbocycles. The third-order valence-corrected chi connectivity index (χ3v) is 7.87. The van der Waals surface area contributed by atoms with Crippen LogP contribution >= 0.6 is 0 Å². The summed E-state index contributed by atoms with van der Waals surface area (Å²) in [4.78, 5) is 26.8. The first kappa shape index (κ1) is 23.0. The Hall–Kier alpha value is -3.38. The number of aromatic nitrogens is 1. The molecule has 1 fully saturated rings. The number of ketones is 1. The van der Waals surface area contributed by atoms with Crippen molar-refractivity contribution in [1.29, 1.82) is 0 Å². The number of dihydropyridines is 1. The van der Waals surface area contributed by atoms with Crippen LogP contribution in [0.25, 0.3) is 21.8 Å². The molecule has 1 saturated heterocycles. The maximum atomic E-state index is 13.5. The van der Waals surface area contributed by atoms with Crippen molar-refractivity contribution >= 4 is 33.6 Å². The molecule has 36 heavy (non-hydrogen) atoms. The van der Waals surface area contributed by atoms with Crippen molar-refractivity contribution in [2.45, 2.75) is 64.5 Å². The van der Waals surface area contributed by atoms with E-state index in [1.54, 1.807) is 0 Å². The highest BCUT2D eigenvalue weighted by atomic mass is 16.6. The molecule has 186 valence electrons. The van der Waals surface area contributed by atoms with Gasteiger partial charge in [-0.1, -0.05) is 24.3 Å². The van der Waals surface area contributed by atoms with Crippen molar-refractivity contribution in [3.63, 3.8) is 0 Å². The predicted octanol–water partition coefficient (Wildman–Crippen LogP) is 5.50. The number of ether oxygens (including phenoxy) is 2. The highest BCUT2D eigenvalue weighted by molar-refractivity contribution is 6.09. The number of fused-ring (bicyclic) bond motifs is 3. The van der Waals surface area contributed by atoms with Gasteiger partial charge in [-0.05, 0) is 63.3 Å². The van der Waals surface area contributed by atoms with Crippen molar-refractivity contribution in [2.24, 2.45) is 0 Å². The van der Waals surface area contributed by atoms with E-state index < -0.39 is 5.92 Å². The van der Waals surface area contributed by atoms with Crippen LogP contribution in [0.2, 0.25) is 0 Å². The lowest BCUT2D eigenvalue weighted by Gasteiger charge is -2.34. The Morgan fingerprint density at radius 1 is 1.11 bits per heavy atom. The van der Waals surface area contributed by atoms with Gasteiger partial charge in [0.2, 0.25) is 0 Å². The van der Waals surface area contributed by atoms with Crippen LogP contribution in [0.3, 0.4) is 0 Å². The zero-order chi connectivity index (χ0) is 24.8. The first-order chi connectivity index (χ1) is 17.6. The van der Waals surface area contributed by atoms with E-state index >= 15 is 0 Å². The fourth-order valence-corrected chi connectivity index (χ4v) is 6.20. The number of para-hydroxylation sites is 1. The van der Waals surface area contributed by atoms with Crippen LogP contribution < -0.4 is 5.32 Å². The number of Topliss-reactive ketones (excluding diaryl/α,β-unsaturated/α-hetero) is 1. The second-order valence-electron chi connectivity index (χ2n) is 10.0. The molecule has 1 N–H and O–H groups in total. The lowest BCUT2D eigenvalue weighted by atomic mass is 9.75. The second-order valence-corrected chi connectivity index (χ2v) is 10.0. The van der Waals surface area contributed by atoms with E-state index in [-0.39, 0.29) is 24.5 Å². The van der Waals surface area contributed by atoms with Crippen molar-refractivity contribution in [1.82, 2.24) is 9.88 Å². The van der Waals surface area contributed by atoms with E-state index in [9.17, 15) is 9.59 Å². The van der Waals surface area contributed by atoms with E-state index in [0.717, 1.165) is 65.7 Å². The molecule has 2 aromatic carbocycles. The van der Waals surface area contributed by atoms with Gasteiger partial charge in [-0.25, -0.2) is 4.79 Å². The van der Waals surface area contributed by atoms with Crippen LogP contribution in [0.1, 0.15) is 57.4 Å². The number of benzene rings is 2. The van der Waals surface area contributed by atoms with Gasteiger partial charge in [0.15, 0.2) is 5.78 Å². The Morgan fingerprint density at radius 3 is 2.75 bits per heavy atom. The molecule has 3 heterocycles. The monoisotopic (exact) mass is 484 g/mol. The molecule has 0 radical (unpaired) electrons. The fourth-order valence-electron chi connectivity index (χ4n) is 6.20. The maximum Gasteiger partial charge on any atom is 0.336 e. The minimum atomic E-state index is -0.445. The molecule has 1 aliphatic carbocycles. The number of hydrogen-bond acceptors (Lipinski definition) is 5. The summed E-state index contributed by atoms with van der Waals surface area (Å²) in [6.07, 6.45) is 3.98. The van der Waals surface area contributed by atoms with Gasteiger partial charge in [-0.3, -0.25) is 4.79 Å². The number of carbonyl (C=O) groups is 2. The number of nitrogens with one attached hydrogen (secondary N) is 1. The van der Waals surface area contributed by atoms with Crippen molar-refractivity contribution in [3.8, 4) is 0 Å². The molecule has 2 atom stereocenters. The third-order valence-electron chi connectivity index (χ3n) is 7.87. The van der Waals surface area contributed by atoms with Gasteiger partial charge in [0, 0.05) is 64.3 Å². The highest BCUT2D eigenvalue weighted by Crippen LogP contribution is 2.44. The zero-order valence-corrected chi connectivity index (χ0v) is 20.9. The van der Waals surface area contributed by atoms with E-state index in [0.29, 0.717) is 18.6 Å². The largest absolute Gasteiger partial charge is 0.459 e. The minimum Gasteiger partial charge on any atom is -0.459 e. The third kappa shape index (κ3) is 3.75. The standard InChI is InChI=1S/C30H32N2O4/c1-3-32-24-11-5-4-9-21(24)22-16-19(13-14-25(22)32)28-27(30(34)36-17-20-8-7-15-35-20)18(2)31-23-10-6-12-26(33)29(23)28/h4-5,9,11,13-14,16,20,28,31H,3,6-8,10,12,15,17H2,1-2H3/t20-,28+/m0/s1. The zero-order valence-electron chi connectivity index (χ0n) is 20.9. The van der Waals surface area contributed by atoms with Gasteiger partial charge >= 0.3 is 5.97 Å². The molecule has 6 nitrogen and oxygen atoms in total. The summed E-state index contributed by atoms with van der Waals surface area (Å²) < 4.78 is 13.8. The molecule has 3 aromatic rings. The summed E-state index contributed by atoms with van der Waals surface area (Å²) in [6, 6.07) is 14.8. The van der Waals surface area contributed by atoms with Crippen LogP contribution in [0.4, 0.5) is 0 Å². The van der Waals surface area contributed by atoms with Crippen molar-refractivity contribution in [3.05, 3.63) is 70.6 Å². The van der Waals surface area contributed by atoms with Crippen LogP contribution in [0.15, 0.2) is 65.0 Å². The second kappa shape index (κ2) is 9.25. The van der Waals surface area contributed by atoms with Crippen molar-refractivity contribution < 1.29 is 19.1 Å². The van der Waals surface area contributed by atoms with Gasteiger partial charge in [-0.15, -0.1) is 0 Å². The quantitative estimate of drug-likeness (QED) is 0.484. The van der Waals surface area contributed by atoms with Gasteiger partial charge in [0.05, 0.1) is 11.7 Å². The van der Waals surface area contributed by atoms with Crippen LogP contribution in [0.5, 0.6) is 0 Å². The highest BCUT2D eigenvalue weighted by Gasteiger charge is 2.39. The number of rotatable bonds is 5. The molecule has 0 amide bonds. The lowest BCUT2D eigenvalue weighted by molar-refractivity contribution is -0.142. The number of aryl methyl sites for hydroxylation is 1. The van der Waals surface area contributed by atoms with Gasteiger partial charge in [-0.2, -0.15) is 0 Å². The number of hydrogen-bond donors (Lipinski definition) is 1. The van der Waals surface area contributed by atoms with Crippen LogP contribution in [0, 0.1) is 0 Å². The molecule has 2 aliphatic heterocycles. The average Bonchev–Trinajstić information content (AvgIpc) is 3.52. The Bertz CT molecular complexity index is 1440. The molecule has 0 unspecified atom stereocenters. The van der Waals surface area contributed by atoms with Gasteiger partial charge < -0.3 is 19.4 Å². The van der Waals surface area contributed by atoms with E-state index in [1.165, 1.54) is 10.9 Å². The van der Waals surface area contributed by atoms with Gasteiger partial charge in [0.1, 0.15) is 6.61 Å². The Morgan fingerprint density at radius 2 is 1.94 bits per heavy atom. The fraction of sp³-hybridized carbons (Fsp3) is 0.400. The molecule has 0 spiro atoms. The summed E-state index contributed by atoms with van der Waals surface area (Å²) in [5.74, 6) is -0.706. The smallest absolute Gasteiger partial charge is 0.336 e. The summed E-state index contributed by atoms with van der Waals surface area (Å²) in [5, 5.41) is 5.71. The van der Waals surface area contributed by atoms with Crippen LogP contribution in [-0.4, -0.2) is 35.6 Å². The molecular formula is C30H32N2O4. The molecule has 3 aliphatic rings. The molecule has 6 heteroatoms. The Labute approximate surface area is 210 Å². The number of carbonyl (C=O) groups excluding carboxylic acids is 2. The van der Waals surface area contributed by atoms with E-state index in [4.69, 9.17) is 9.47 Å². The summed E-state index contributed by atoms with van der Waals surface area (Å²) in [5.41, 5.74) is 6.25. The maximum absolute atomic E-state index is 13.5. The van der Waals surface area contributed by atoms with E-state index in [2.05, 4.69) is 59.3 Å². The molecule has 0 bridgehead atoms. The lowest BCUT2D eigenvalue weighted by Crippen LogP contribution is -2.35. The summed E-state index contributed by atoms with van der Waals surface area (Å²) in [6.45, 7) is 5.89. The SMILES string of the molecule is CCn1c2ccccc2c2cc([C@@H]3C(C(=O)OC[C@@H]4CCCO4)=C(C)NC4=C3C(=O)CCC4)ccc21. The summed E-state index contributed by atoms with van der Waals surface area (Å²) in [7, 11) is 0. The first-order valence-electron chi connectivity index (χ1n) is 13.1. The molecule has 6 rings (SSSR count). The van der Waals surface area contributed by atoms with Gasteiger partial charge in [0.25, 0.3) is 0 Å². The van der Waals surface area contributed by atoms with Crippen molar-refractivity contribution in [2.75, 3.05) is 13.2 Å². The average molecular weight is 485 g/mol. The van der Waals surface area contributed by atoms with E-state index in [1.807, 2.05) is 6.92 Å². The first-order valence-corrected chi connectivity index (χ1v) is 13.1. The summed E-state index contributed by atoms with van der Waals surface area (Å²) >= 11 is 0. The van der Waals surface area contributed by atoms with Crippen LogP contribution in [-0.2, 0) is 25.6 Å². The number of nitrogens with zero attached hydrogens (tertiary/aromatic N) is 1. The normalized spacial score (nSPS) is 22.3. The Kier molecular flexibility index (Phi) is 5.92. The number of esters is 1. The predicted molar refractivity (Wildman–Crippen MR) is 140 cm³/mol. The molecule has 1 aromatic heterocycles.